The van der Waals surface area contributed by atoms with Gasteiger partial charge in [0.15, 0.2) is 0 Å². The molecule has 1 fully saturated rings. The van der Waals surface area contributed by atoms with Crippen LogP contribution in [0.1, 0.15) is 30.8 Å². The molecule has 1 saturated carbocycles. The maximum atomic E-state index is 4.53. The van der Waals surface area contributed by atoms with Crippen LogP contribution in [0.2, 0.25) is 0 Å². The number of hydrogen-bond acceptors (Lipinski definition) is 3. The molecule has 1 N–H and O–H groups in total. The zero-order chi connectivity index (χ0) is 10.0. The third-order valence-electron chi connectivity index (χ3n) is 3.09. The maximum Gasteiger partial charge on any atom is 0.135 e. The minimum atomic E-state index is 0.223. The Labute approximate surface area is 85.0 Å². The summed E-state index contributed by atoms with van der Waals surface area (Å²) in [4.78, 5) is 8.94. The molecule has 1 aromatic heterocycles. The van der Waals surface area contributed by atoms with Crippen LogP contribution in [0.15, 0.2) is 12.3 Å². The molecule has 1 aromatic rings. The summed E-state index contributed by atoms with van der Waals surface area (Å²) in [6.45, 7) is 3.02. The Balaban J connectivity index is 2.27. The fourth-order valence-electron chi connectivity index (χ4n) is 2.13. The third-order valence-corrected chi connectivity index (χ3v) is 3.09. The fraction of sp³-hybridized carbons (Fsp3) is 0.636. The summed E-state index contributed by atoms with van der Waals surface area (Å²) in [7, 11) is 2.00. The Morgan fingerprint density at radius 3 is 2.79 bits per heavy atom. The molecule has 0 aromatic carbocycles. The lowest BCUT2D eigenvalue weighted by atomic mass is 9.68. The first kappa shape index (κ1) is 9.59. The average molecular weight is 191 g/mol. The highest BCUT2D eigenvalue weighted by atomic mass is 14.9. The molecule has 0 saturated heterocycles. The molecule has 76 valence electrons. The van der Waals surface area contributed by atoms with Crippen molar-refractivity contribution >= 4 is 0 Å². The summed E-state index contributed by atoms with van der Waals surface area (Å²) < 4.78 is 0. The van der Waals surface area contributed by atoms with Crippen molar-refractivity contribution in [1.29, 1.82) is 0 Å². The lowest BCUT2D eigenvalue weighted by molar-refractivity contribution is 0.224. The smallest absolute Gasteiger partial charge is 0.135 e. The predicted molar refractivity (Wildman–Crippen MR) is 56.2 cm³/mol. The minimum absolute atomic E-state index is 0.223. The molecular formula is C11H17N3. The lowest BCUT2D eigenvalue weighted by Crippen LogP contribution is -2.44. The average Bonchev–Trinajstić information content (AvgIpc) is 2.11. The van der Waals surface area contributed by atoms with Crippen molar-refractivity contribution in [1.82, 2.24) is 15.3 Å². The largest absolute Gasteiger partial charge is 0.319 e. The van der Waals surface area contributed by atoms with Crippen molar-refractivity contribution in [2.75, 3.05) is 13.6 Å². The lowest BCUT2D eigenvalue weighted by Gasteiger charge is -2.40. The van der Waals surface area contributed by atoms with Crippen LogP contribution in [0, 0.1) is 6.92 Å². The molecule has 0 amide bonds. The molecule has 3 heteroatoms. The summed E-state index contributed by atoms with van der Waals surface area (Å²) in [5.41, 5.74) is 1.29. The van der Waals surface area contributed by atoms with E-state index in [1.807, 2.05) is 26.2 Å². The Morgan fingerprint density at radius 2 is 2.29 bits per heavy atom. The van der Waals surface area contributed by atoms with E-state index in [0.29, 0.717) is 0 Å². The van der Waals surface area contributed by atoms with E-state index >= 15 is 0 Å². The van der Waals surface area contributed by atoms with Crippen LogP contribution >= 0.6 is 0 Å². The van der Waals surface area contributed by atoms with Crippen molar-refractivity contribution < 1.29 is 0 Å². The van der Waals surface area contributed by atoms with Gasteiger partial charge in [-0.2, -0.15) is 0 Å². The number of nitrogens with zero attached hydrogens (tertiary/aromatic N) is 2. The van der Waals surface area contributed by atoms with Gasteiger partial charge in [-0.3, -0.25) is 0 Å². The van der Waals surface area contributed by atoms with Crippen molar-refractivity contribution in [3.05, 3.63) is 23.8 Å². The van der Waals surface area contributed by atoms with Crippen molar-refractivity contribution in [2.45, 2.75) is 31.6 Å². The normalized spacial score (nSPS) is 19.0. The molecule has 0 unspecified atom stereocenters. The van der Waals surface area contributed by atoms with Crippen molar-refractivity contribution in [3.63, 3.8) is 0 Å². The summed E-state index contributed by atoms with van der Waals surface area (Å²) in [6.07, 6.45) is 5.61. The monoisotopic (exact) mass is 191 g/mol. The van der Waals surface area contributed by atoms with Gasteiger partial charge >= 0.3 is 0 Å². The van der Waals surface area contributed by atoms with Crippen LogP contribution in [0.3, 0.4) is 0 Å². The van der Waals surface area contributed by atoms with Crippen LogP contribution in [0.5, 0.6) is 0 Å². The van der Waals surface area contributed by atoms with E-state index in [0.717, 1.165) is 18.1 Å². The van der Waals surface area contributed by atoms with Crippen LogP contribution in [0.25, 0.3) is 0 Å². The summed E-state index contributed by atoms with van der Waals surface area (Å²) in [5.74, 6) is 1.03. The first-order valence-electron chi connectivity index (χ1n) is 5.22. The number of aryl methyl sites for hydroxylation is 1. The number of aromatic nitrogens is 2. The molecule has 0 aliphatic heterocycles. The number of likely N-dealkylation sites (N-methyl/N-ethyl adjacent to an activating group) is 1. The van der Waals surface area contributed by atoms with Gasteiger partial charge in [0.2, 0.25) is 0 Å². The minimum Gasteiger partial charge on any atom is -0.319 e. The Bertz CT molecular complexity index is 318. The van der Waals surface area contributed by atoms with Crippen LogP contribution in [-0.4, -0.2) is 23.6 Å². The second-order valence-electron chi connectivity index (χ2n) is 4.19. The Morgan fingerprint density at radius 1 is 1.50 bits per heavy atom. The number of hydrogen-bond donors (Lipinski definition) is 1. The Kier molecular flexibility index (Phi) is 2.50. The van der Waals surface area contributed by atoms with Gasteiger partial charge in [0, 0.05) is 23.9 Å². The van der Waals surface area contributed by atoms with Crippen molar-refractivity contribution in [2.24, 2.45) is 0 Å². The van der Waals surface area contributed by atoms with Crippen LogP contribution in [-0.2, 0) is 5.41 Å². The molecule has 2 rings (SSSR count). The molecule has 0 bridgehead atoms. The van der Waals surface area contributed by atoms with Crippen LogP contribution in [0.4, 0.5) is 0 Å². The fourth-order valence-corrected chi connectivity index (χ4v) is 2.13. The van der Waals surface area contributed by atoms with Gasteiger partial charge in [-0.15, -0.1) is 0 Å². The summed E-state index contributed by atoms with van der Waals surface area (Å²) >= 11 is 0. The van der Waals surface area contributed by atoms with Gasteiger partial charge in [-0.1, -0.05) is 6.42 Å². The summed E-state index contributed by atoms with van der Waals surface area (Å²) in [6, 6.07) is 1.95. The maximum absolute atomic E-state index is 4.53. The highest BCUT2D eigenvalue weighted by Gasteiger charge is 2.40. The van der Waals surface area contributed by atoms with E-state index in [1.54, 1.807) is 0 Å². The molecule has 1 heterocycles. The van der Waals surface area contributed by atoms with Crippen LogP contribution < -0.4 is 5.32 Å². The topological polar surface area (TPSA) is 37.8 Å². The molecule has 0 radical (unpaired) electrons. The highest BCUT2D eigenvalue weighted by Crippen LogP contribution is 2.41. The number of nitrogens with one attached hydrogen (secondary N) is 1. The molecular weight excluding hydrogens is 174 g/mol. The van der Waals surface area contributed by atoms with E-state index in [4.69, 9.17) is 0 Å². The first-order chi connectivity index (χ1) is 6.77. The standard InChI is InChI=1S/C11H17N3/c1-9-4-7-13-10(14-9)11(8-12-2)5-3-6-11/h4,7,12H,3,5-6,8H2,1-2H3. The van der Waals surface area contributed by atoms with E-state index in [2.05, 4.69) is 15.3 Å². The van der Waals surface area contributed by atoms with Gasteiger partial charge in [0.25, 0.3) is 0 Å². The molecule has 0 atom stereocenters. The highest BCUT2D eigenvalue weighted by molar-refractivity contribution is 5.16. The van der Waals surface area contributed by atoms with Gasteiger partial charge in [0.1, 0.15) is 5.82 Å². The van der Waals surface area contributed by atoms with E-state index in [-0.39, 0.29) is 5.41 Å². The molecule has 1 aliphatic carbocycles. The Hall–Kier alpha value is -0.960. The zero-order valence-corrected chi connectivity index (χ0v) is 8.88. The molecule has 14 heavy (non-hydrogen) atoms. The molecule has 1 aliphatic rings. The SMILES string of the molecule is CNCC1(c2nccc(C)n2)CCC1. The van der Waals surface area contributed by atoms with Gasteiger partial charge in [-0.25, -0.2) is 9.97 Å². The van der Waals surface area contributed by atoms with E-state index in [1.165, 1.54) is 19.3 Å². The number of rotatable bonds is 3. The molecule has 3 nitrogen and oxygen atoms in total. The van der Waals surface area contributed by atoms with E-state index in [9.17, 15) is 0 Å². The summed E-state index contributed by atoms with van der Waals surface area (Å²) in [5, 5.41) is 3.25. The second kappa shape index (κ2) is 3.65. The van der Waals surface area contributed by atoms with Gasteiger partial charge in [0.05, 0.1) is 0 Å². The second-order valence-corrected chi connectivity index (χ2v) is 4.19. The van der Waals surface area contributed by atoms with Gasteiger partial charge < -0.3 is 5.32 Å². The van der Waals surface area contributed by atoms with E-state index < -0.39 is 0 Å². The third kappa shape index (κ3) is 1.52. The predicted octanol–water partition coefficient (Wildman–Crippen LogP) is 1.43. The molecule has 0 spiro atoms. The zero-order valence-electron chi connectivity index (χ0n) is 8.88. The first-order valence-corrected chi connectivity index (χ1v) is 5.22. The van der Waals surface area contributed by atoms with Gasteiger partial charge in [-0.05, 0) is 32.9 Å². The quantitative estimate of drug-likeness (QED) is 0.785. The van der Waals surface area contributed by atoms with Crippen molar-refractivity contribution in [3.8, 4) is 0 Å².